The van der Waals surface area contributed by atoms with Crippen molar-refractivity contribution in [2.45, 2.75) is 37.8 Å². The van der Waals surface area contributed by atoms with Crippen LogP contribution in [0.15, 0.2) is 36.7 Å². The van der Waals surface area contributed by atoms with E-state index in [1.807, 2.05) is 0 Å². The fourth-order valence-corrected chi connectivity index (χ4v) is 3.21. The van der Waals surface area contributed by atoms with Crippen molar-refractivity contribution in [1.29, 1.82) is 0 Å². The second-order valence-corrected chi connectivity index (χ2v) is 6.81. The fraction of sp³-hybridized carbons (Fsp3) is 0.333. The summed E-state index contributed by atoms with van der Waals surface area (Å²) in [6.07, 6.45) is 6.90. The lowest BCUT2D eigenvalue weighted by atomic mass is 9.91. The highest BCUT2D eigenvalue weighted by Crippen LogP contribution is 2.24. The first-order valence-electron chi connectivity index (χ1n) is 9.34. The molecule has 1 fully saturated rings. The summed E-state index contributed by atoms with van der Waals surface area (Å²) in [7, 11) is 0. The number of rotatable bonds is 7. The van der Waals surface area contributed by atoms with Crippen LogP contribution in [-0.2, 0) is 0 Å². The highest BCUT2D eigenvalue weighted by Gasteiger charge is 2.23. The third kappa shape index (κ3) is 5.09. The third-order valence-electron chi connectivity index (χ3n) is 4.69. The summed E-state index contributed by atoms with van der Waals surface area (Å²) in [5, 5.41) is 15.7. The van der Waals surface area contributed by atoms with E-state index in [9.17, 15) is 4.79 Å². The summed E-state index contributed by atoms with van der Waals surface area (Å²) in [5.74, 6) is 6.54. The molecule has 154 valence electrons. The lowest BCUT2D eigenvalue weighted by Gasteiger charge is -2.29. The number of anilines is 4. The maximum absolute atomic E-state index is 11.8. The summed E-state index contributed by atoms with van der Waals surface area (Å²) in [4.78, 5) is 16.2. The Morgan fingerprint density at radius 1 is 1.21 bits per heavy atom. The van der Waals surface area contributed by atoms with Crippen molar-refractivity contribution in [2.75, 3.05) is 15.6 Å². The van der Waals surface area contributed by atoms with Gasteiger partial charge < -0.3 is 27.8 Å². The molecular weight excluding hydrogens is 372 g/mol. The van der Waals surface area contributed by atoms with Crippen LogP contribution in [-0.4, -0.2) is 33.2 Å². The monoisotopic (exact) mass is 398 g/mol. The van der Waals surface area contributed by atoms with E-state index in [4.69, 9.17) is 23.0 Å². The topological polar surface area (TPSA) is 187 Å². The Morgan fingerprint density at radius 3 is 2.72 bits per heavy atom. The van der Waals surface area contributed by atoms with E-state index in [1.54, 1.807) is 24.3 Å². The van der Waals surface area contributed by atoms with Gasteiger partial charge in [-0.05, 0) is 25.0 Å². The molecule has 1 aliphatic rings. The van der Waals surface area contributed by atoms with E-state index in [0.29, 0.717) is 23.1 Å². The molecular formula is C18H26N10O. The standard InChI is InChI=1S/C18H26N10O/c19-8-9-28(22)16-7-3-6-14(25-16)24-13-10-15(26-27-17(13)18(21)29)23-12-5-2-1-4-11(12)20/h3,6-12H,1-2,4-5,19-20,22H2,(H2,21,29)(H2,23,24,25,26)/b9-8-. The van der Waals surface area contributed by atoms with Gasteiger partial charge in [0, 0.05) is 30.5 Å². The van der Waals surface area contributed by atoms with Gasteiger partial charge in [-0.25, -0.2) is 10.8 Å². The number of nitrogens with one attached hydrogen (secondary N) is 2. The van der Waals surface area contributed by atoms with Crippen molar-refractivity contribution >= 4 is 29.0 Å². The van der Waals surface area contributed by atoms with Crippen LogP contribution >= 0.6 is 0 Å². The molecule has 2 aromatic rings. The lowest BCUT2D eigenvalue weighted by Crippen LogP contribution is -2.42. The molecule has 1 saturated carbocycles. The number of nitrogens with two attached hydrogens (primary N) is 4. The number of carbonyl (C=O) groups is 1. The quantitative estimate of drug-likeness (QED) is 0.283. The molecule has 0 spiro atoms. The smallest absolute Gasteiger partial charge is 0.271 e. The Morgan fingerprint density at radius 2 is 2.00 bits per heavy atom. The van der Waals surface area contributed by atoms with Crippen LogP contribution in [0.5, 0.6) is 0 Å². The van der Waals surface area contributed by atoms with E-state index in [0.717, 1.165) is 25.7 Å². The largest absolute Gasteiger partial charge is 0.403 e. The second-order valence-electron chi connectivity index (χ2n) is 6.81. The number of aromatic nitrogens is 3. The minimum Gasteiger partial charge on any atom is -0.403 e. The molecule has 29 heavy (non-hydrogen) atoms. The zero-order valence-electron chi connectivity index (χ0n) is 16.0. The maximum atomic E-state index is 11.8. The molecule has 2 heterocycles. The van der Waals surface area contributed by atoms with Crippen molar-refractivity contribution < 1.29 is 4.79 Å². The minimum atomic E-state index is -0.705. The second kappa shape index (κ2) is 9.17. The molecule has 3 rings (SSSR count). The van der Waals surface area contributed by atoms with Crippen molar-refractivity contribution in [3.63, 3.8) is 0 Å². The average molecular weight is 398 g/mol. The van der Waals surface area contributed by atoms with Crippen molar-refractivity contribution in [1.82, 2.24) is 15.2 Å². The van der Waals surface area contributed by atoms with Crippen LogP contribution in [0.4, 0.5) is 23.1 Å². The third-order valence-corrected chi connectivity index (χ3v) is 4.69. The van der Waals surface area contributed by atoms with E-state index >= 15 is 0 Å². The van der Waals surface area contributed by atoms with Gasteiger partial charge in [-0.1, -0.05) is 18.9 Å². The van der Waals surface area contributed by atoms with E-state index < -0.39 is 5.91 Å². The zero-order chi connectivity index (χ0) is 20.8. The molecule has 2 atom stereocenters. The summed E-state index contributed by atoms with van der Waals surface area (Å²) in [6.45, 7) is 0. The number of pyridine rings is 1. The number of hydrogen-bond acceptors (Lipinski definition) is 10. The predicted octanol–water partition coefficient (Wildman–Crippen LogP) is 0.506. The van der Waals surface area contributed by atoms with Crippen molar-refractivity contribution in [3.05, 3.63) is 42.4 Å². The molecule has 0 aromatic carbocycles. The molecule has 10 N–H and O–H groups in total. The molecule has 2 unspecified atom stereocenters. The Hall–Kier alpha value is -3.44. The van der Waals surface area contributed by atoms with Gasteiger partial charge in [0.15, 0.2) is 11.5 Å². The van der Waals surface area contributed by atoms with Crippen LogP contribution in [0.1, 0.15) is 36.2 Å². The summed E-state index contributed by atoms with van der Waals surface area (Å²) < 4.78 is 0. The maximum Gasteiger partial charge on any atom is 0.271 e. The molecule has 11 nitrogen and oxygen atoms in total. The number of primary amides is 1. The van der Waals surface area contributed by atoms with Crippen LogP contribution in [0.3, 0.4) is 0 Å². The molecule has 0 aliphatic heterocycles. The van der Waals surface area contributed by atoms with Gasteiger partial charge in [-0.3, -0.25) is 9.80 Å². The summed E-state index contributed by atoms with van der Waals surface area (Å²) in [5.41, 5.74) is 17.4. The highest BCUT2D eigenvalue weighted by molar-refractivity contribution is 5.97. The number of hydrazine groups is 1. The molecule has 11 heteroatoms. The van der Waals surface area contributed by atoms with Crippen LogP contribution in [0.2, 0.25) is 0 Å². The number of amides is 1. The summed E-state index contributed by atoms with van der Waals surface area (Å²) in [6, 6.07) is 7.00. The van der Waals surface area contributed by atoms with Gasteiger partial charge in [0.1, 0.15) is 11.6 Å². The number of nitrogens with zero attached hydrogens (tertiary/aromatic N) is 4. The van der Waals surface area contributed by atoms with Gasteiger partial charge in [0.2, 0.25) is 0 Å². The SMILES string of the molecule is N/C=C\N(N)c1cccc(Nc2cc(NC3CCCCC3N)nnc2C(N)=O)n1. The normalized spacial score (nSPS) is 19.1. The molecule has 0 bridgehead atoms. The Kier molecular flexibility index (Phi) is 6.42. The first-order valence-corrected chi connectivity index (χ1v) is 9.34. The van der Waals surface area contributed by atoms with E-state index in [-0.39, 0.29) is 17.8 Å². The molecule has 1 amide bonds. The Bertz CT molecular complexity index is 887. The van der Waals surface area contributed by atoms with Gasteiger partial charge in [-0.15, -0.1) is 10.2 Å². The molecule has 0 saturated heterocycles. The molecule has 0 radical (unpaired) electrons. The zero-order valence-corrected chi connectivity index (χ0v) is 16.0. The van der Waals surface area contributed by atoms with Crippen molar-refractivity contribution in [2.24, 2.45) is 23.0 Å². The van der Waals surface area contributed by atoms with Gasteiger partial charge in [-0.2, -0.15) is 0 Å². The Labute approximate surface area is 168 Å². The first-order chi connectivity index (χ1) is 14.0. The van der Waals surface area contributed by atoms with Crippen LogP contribution in [0.25, 0.3) is 0 Å². The highest BCUT2D eigenvalue weighted by atomic mass is 16.1. The molecule has 2 aromatic heterocycles. The summed E-state index contributed by atoms with van der Waals surface area (Å²) >= 11 is 0. The van der Waals surface area contributed by atoms with Crippen molar-refractivity contribution in [3.8, 4) is 0 Å². The van der Waals surface area contributed by atoms with E-state index in [2.05, 4.69) is 25.8 Å². The van der Waals surface area contributed by atoms with Crippen LogP contribution in [0, 0.1) is 0 Å². The van der Waals surface area contributed by atoms with Crippen LogP contribution < -0.4 is 38.7 Å². The predicted molar refractivity (Wildman–Crippen MR) is 112 cm³/mol. The lowest BCUT2D eigenvalue weighted by molar-refractivity contribution is 0.0995. The number of carbonyl (C=O) groups excluding carboxylic acids is 1. The Balaban J connectivity index is 1.85. The van der Waals surface area contributed by atoms with Gasteiger partial charge >= 0.3 is 0 Å². The van der Waals surface area contributed by atoms with Gasteiger partial charge in [0.05, 0.1) is 5.69 Å². The van der Waals surface area contributed by atoms with E-state index in [1.165, 1.54) is 17.4 Å². The average Bonchev–Trinajstić information content (AvgIpc) is 2.70. The van der Waals surface area contributed by atoms with Gasteiger partial charge in [0.25, 0.3) is 5.91 Å². The minimum absolute atomic E-state index is 0.00199. The number of hydrogen-bond donors (Lipinski definition) is 6. The molecule has 1 aliphatic carbocycles. The first kappa shape index (κ1) is 20.3. The fourth-order valence-electron chi connectivity index (χ4n) is 3.21.